The minimum Gasteiger partial charge on any atom is -0.479 e. The van der Waals surface area contributed by atoms with Crippen LogP contribution >= 0.6 is 0 Å². The lowest BCUT2D eigenvalue weighted by Crippen LogP contribution is -2.31. The molecule has 0 aliphatic carbocycles. The summed E-state index contributed by atoms with van der Waals surface area (Å²) in [6.07, 6.45) is 7.67. The zero-order chi connectivity index (χ0) is 23.7. The maximum Gasteiger partial charge on any atom is 0.179 e. The third-order valence-corrected chi connectivity index (χ3v) is 6.14. The molecule has 0 spiro atoms. The Morgan fingerprint density at radius 2 is 2.12 bits per heavy atom. The Hall–Kier alpha value is -4.04. The molecule has 11 heteroatoms. The number of rotatable bonds is 6. The van der Waals surface area contributed by atoms with Gasteiger partial charge in [0.2, 0.25) is 0 Å². The van der Waals surface area contributed by atoms with E-state index in [1.165, 1.54) is 12.1 Å². The number of aromatic nitrogens is 6. The highest BCUT2D eigenvalue weighted by atomic mass is 19.1. The van der Waals surface area contributed by atoms with Crippen molar-refractivity contribution in [1.82, 2.24) is 34.5 Å². The zero-order valence-electron chi connectivity index (χ0n) is 18.5. The Bertz CT molecular complexity index is 1340. The number of halogens is 1. The SMILES string of the molecule is Cc1c(-c2cc(O[C@H](CO)c3ccc(F)cn3)c3ccnn3c2)nnn1C1CCN(C#N)CC1. The Morgan fingerprint density at radius 3 is 2.82 bits per heavy atom. The number of hydrogen-bond acceptors (Lipinski definition) is 8. The highest BCUT2D eigenvalue weighted by Gasteiger charge is 2.24. The normalized spacial score (nSPS) is 15.4. The van der Waals surface area contributed by atoms with Crippen molar-refractivity contribution in [3.05, 3.63) is 60.1 Å². The quantitative estimate of drug-likeness (QED) is 0.435. The first kappa shape index (κ1) is 21.8. The first-order valence-corrected chi connectivity index (χ1v) is 11.0. The van der Waals surface area contributed by atoms with E-state index in [0.717, 1.165) is 30.3 Å². The van der Waals surface area contributed by atoms with Gasteiger partial charge >= 0.3 is 0 Å². The average Bonchev–Trinajstić information content (AvgIpc) is 3.49. The lowest BCUT2D eigenvalue weighted by molar-refractivity contribution is 0.114. The molecule has 0 radical (unpaired) electrons. The minimum atomic E-state index is -0.781. The standard InChI is InChI=1S/C23H23FN8O2/c1-15-23(28-29-32(15)18-5-8-30(14-25)9-6-18)16-10-21(20-4-7-27-31(20)12-16)34-22(13-33)19-3-2-17(24)11-26-19/h2-4,7,10-12,18,22,33H,5-6,8-9,13H2,1H3/t22-/m1/s1. The van der Waals surface area contributed by atoms with Gasteiger partial charge < -0.3 is 14.7 Å². The molecular weight excluding hydrogens is 439 g/mol. The van der Waals surface area contributed by atoms with E-state index in [2.05, 4.69) is 26.6 Å². The van der Waals surface area contributed by atoms with Crippen molar-refractivity contribution >= 4 is 5.52 Å². The second-order valence-corrected chi connectivity index (χ2v) is 8.23. The summed E-state index contributed by atoms with van der Waals surface area (Å²) >= 11 is 0. The summed E-state index contributed by atoms with van der Waals surface area (Å²) in [5.41, 5.74) is 3.49. The molecule has 0 saturated carbocycles. The summed E-state index contributed by atoms with van der Waals surface area (Å²) in [6, 6.07) is 6.59. The molecule has 174 valence electrons. The summed E-state index contributed by atoms with van der Waals surface area (Å²) in [6.45, 7) is 3.04. The summed E-state index contributed by atoms with van der Waals surface area (Å²) < 4.78 is 23.0. The third kappa shape index (κ3) is 4.04. The fourth-order valence-corrected chi connectivity index (χ4v) is 4.31. The average molecular weight is 462 g/mol. The predicted octanol–water partition coefficient (Wildman–Crippen LogP) is 2.67. The summed E-state index contributed by atoms with van der Waals surface area (Å²) in [5.74, 6) is 0.0222. The molecule has 5 heterocycles. The predicted molar refractivity (Wildman–Crippen MR) is 119 cm³/mol. The highest BCUT2D eigenvalue weighted by molar-refractivity contribution is 5.70. The molecule has 1 N–H and O–H groups in total. The van der Waals surface area contributed by atoms with Gasteiger partial charge in [-0.25, -0.2) is 13.6 Å². The topological polar surface area (TPSA) is 117 Å². The molecule has 1 atom stereocenters. The van der Waals surface area contributed by atoms with E-state index in [-0.39, 0.29) is 12.6 Å². The van der Waals surface area contributed by atoms with Crippen LogP contribution < -0.4 is 4.74 Å². The van der Waals surface area contributed by atoms with Gasteiger partial charge in [0, 0.05) is 24.8 Å². The van der Waals surface area contributed by atoms with E-state index in [1.54, 1.807) is 21.7 Å². The Kier molecular flexibility index (Phi) is 5.81. The van der Waals surface area contributed by atoms with Gasteiger partial charge in [-0.3, -0.25) is 4.98 Å². The second-order valence-electron chi connectivity index (χ2n) is 8.23. The fourth-order valence-electron chi connectivity index (χ4n) is 4.31. The molecule has 4 aromatic heterocycles. The second kappa shape index (κ2) is 9.07. The molecule has 1 fully saturated rings. The molecular formula is C23H23FN8O2. The Labute approximate surface area is 194 Å². The van der Waals surface area contributed by atoms with E-state index in [9.17, 15) is 9.50 Å². The first-order chi connectivity index (χ1) is 16.6. The number of likely N-dealkylation sites (tertiary alicyclic amines) is 1. The van der Waals surface area contributed by atoms with Crippen LogP contribution in [0.5, 0.6) is 5.75 Å². The molecule has 1 saturated heterocycles. The number of ether oxygens (including phenoxy) is 1. The van der Waals surface area contributed by atoms with Crippen molar-refractivity contribution in [2.24, 2.45) is 0 Å². The van der Waals surface area contributed by atoms with Crippen LogP contribution in [-0.2, 0) is 0 Å². The molecule has 0 amide bonds. The van der Waals surface area contributed by atoms with Crippen molar-refractivity contribution in [3.8, 4) is 23.2 Å². The van der Waals surface area contributed by atoms with Crippen LogP contribution in [0.25, 0.3) is 16.8 Å². The molecule has 34 heavy (non-hydrogen) atoms. The van der Waals surface area contributed by atoms with Crippen molar-refractivity contribution in [1.29, 1.82) is 5.26 Å². The molecule has 4 aromatic rings. The van der Waals surface area contributed by atoms with E-state index in [0.29, 0.717) is 35.7 Å². The number of hydrogen-bond donors (Lipinski definition) is 1. The fraction of sp³-hybridized carbons (Fsp3) is 0.348. The molecule has 5 rings (SSSR count). The third-order valence-electron chi connectivity index (χ3n) is 6.14. The van der Waals surface area contributed by atoms with Crippen LogP contribution in [0.2, 0.25) is 0 Å². The van der Waals surface area contributed by atoms with E-state index < -0.39 is 11.9 Å². The number of aliphatic hydroxyl groups excluding tert-OH is 1. The summed E-state index contributed by atoms with van der Waals surface area (Å²) in [7, 11) is 0. The Morgan fingerprint density at radius 1 is 1.29 bits per heavy atom. The van der Waals surface area contributed by atoms with Crippen molar-refractivity contribution in [3.63, 3.8) is 0 Å². The molecule has 0 bridgehead atoms. The number of piperidine rings is 1. The lowest BCUT2D eigenvalue weighted by atomic mass is 10.0. The van der Waals surface area contributed by atoms with Crippen molar-refractivity contribution in [2.45, 2.75) is 31.9 Å². The zero-order valence-corrected chi connectivity index (χ0v) is 18.5. The van der Waals surface area contributed by atoms with Gasteiger partial charge in [-0.2, -0.15) is 10.4 Å². The van der Waals surface area contributed by atoms with Crippen LogP contribution in [-0.4, -0.2) is 59.3 Å². The number of pyridine rings is 2. The van der Waals surface area contributed by atoms with Gasteiger partial charge in [-0.15, -0.1) is 5.10 Å². The van der Waals surface area contributed by atoms with Gasteiger partial charge in [-0.05, 0) is 44.0 Å². The smallest absolute Gasteiger partial charge is 0.179 e. The first-order valence-electron chi connectivity index (χ1n) is 11.0. The van der Waals surface area contributed by atoms with Crippen LogP contribution in [0.3, 0.4) is 0 Å². The molecule has 0 aromatic carbocycles. The number of nitriles is 1. The van der Waals surface area contributed by atoms with Gasteiger partial charge in [0.05, 0.1) is 36.4 Å². The van der Waals surface area contributed by atoms with Gasteiger partial charge in [0.15, 0.2) is 12.3 Å². The van der Waals surface area contributed by atoms with Gasteiger partial charge in [0.1, 0.15) is 22.8 Å². The molecule has 10 nitrogen and oxygen atoms in total. The van der Waals surface area contributed by atoms with Crippen molar-refractivity contribution in [2.75, 3.05) is 19.7 Å². The summed E-state index contributed by atoms with van der Waals surface area (Å²) in [4.78, 5) is 5.80. The minimum absolute atomic E-state index is 0.179. The largest absolute Gasteiger partial charge is 0.479 e. The van der Waals surface area contributed by atoms with Crippen LogP contribution in [0.1, 0.15) is 36.4 Å². The molecule has 1 aliphatic heterocycles. The Balaban J connectivity index is 1.47. The molecule has 0 unspecified atom stereocenters. The maximum atomic E-state index is 13.3. The highest BCUT2D eigenvalue weighted by Crippen LogP contribution is 2.33. The number of aliphatic hydroxyl groups is 1. The lowest BCUT2D eigenvalue weighted by Gasteiger charge is -2.28. The molecule has 1 aliphatic rings. The van der Waals surface area contributed by atoms with Gasteiger partial charge in [0.25, 0.3) is 0 Å². The number of nitrogens with zero attached hydrogens (tertiary/aromatic N) is 8. The monoisotopic (exact) mass is 462 g/mol. The maximum absolute atomic E-state index is 13.3. The van der Waals surface area contributed by atoms with E-state index >= 15 is 0 Å². The van der Waals surface area contributed by atoms with Crippen molar-refractivity contribution < 1.29 is 14.2 Å². The summed E-state index contributed by atoms with van der Waals surface area (Å²) in [5, 5.41) is 32.2. The van der Waals surface area contributed by atoms with Crippen LogP contribution in [0, 0.1) is 24.2 Å². The van der Waals surface area contributed by atoms with E-state index in [1.807, 2.05) is 23.9 Å². The van der Waals surface area contributed by atoms with Crippen LogP contribution in [0.4, 0.5) is 4.39 Å². The van der Waals surface area contributed by atoms with E-state index in [4.69, 9.17) is 10.00 Å². The number of fused-ring (bicyclic) bond motifs is 1. The van der Waals surface area contributed by atoms with Gasteiger partial charge in [-0.1, -0.05) is 5.21 Å². The van der Waals surface area contributed by atoms with Crippen LogP contribution in [0.15, 0.2) is 42.9 Å².